The maximum absolute atomic E-state index is 11.3. The summed E-state index contributed by atoms with van der Waals surface area (Å²) >= 11 is 7.91. The van der Waals surface area contributed by atoms with Crippen LogP contribution in [0.1, 0.15) is 0 Å². The highest BCUT2D eigenvalue weighted by Gasteiger charge is 2.23. The largest absolute Gasteiger partial charge is 0.302 e. The van der Waals surface area contributed by atoms with Gasteiger partial charge in [0.05, 0.1) is 27.7 Å². The van der Waals surface area contributed by atoms with E-state index in [-0.39, 0.29) is 5.69 Å². The number of rotatable bonds is 5. The fraction of sp³-hybridized carbons (Fsp3) is 0.0526. The van der Waals surface area contributed by atoms with Crippen LogP contribution in [0.4, 0.5) is 5.69 Å². The number of halogens is 1. The summed E-state index contributed by atoms with van der Waals surface area (Å²) in [5.41, 5.74) is 2.83. The highest BCUT2D eigenvalue weighted by atomic mass is 35.5. The summed E-state index contributed by atoms with van der Waals surface area (Å²) in [7, 11) is 0. The summed E-state index contributed by atoms with van der Waals surface area (Å²) in [6.07, 6.45) is 7.09. The van der Waals surface area contributed by atoms with Gasteiger partial charge in [0.2, 0.25) is 0 Å². The average molecular weight is 412 g/mol. The van der Waals surface area contributed by atoms with Crippen molar-refractivity contribution in [2.75, 3.05) is 6.26 Å². The Morgan fingerprint density at radius 3 is 2.68 bits per heavy atom. The Hall–Kier alpha value is -3.10. The number of nitro benzene ring substituents is 1. The van der Waals surface area contributed by atoms with Crippen LogP contribution in [0.25, 0.3) is 22.6 Å². The highest BCUT2D eigenvalue weighted by Crippen LogP contribution is 2.38. The van der Waals surface area contributed by atoms with Gasteiger partial charge < -0.3 is 4.57 Å². The van der Waals surface area contributed by atoms with Gasteiger partial charge in [0, 0.05) is 30.1 Å². The fourth-order valence-electron chi connectivity index (χ4n) is 2.97. The summed E-state index contributed by atoms with van der Waals surface area (Å²) in [6.45, 7) is 0. The lowest BCUT2D eigenvalue weighted by Crippen LogP contribution is -2.02. The molecule has 0 aliphatic heterocycles. The van der Waals surface area contributed by atoms with E-state index in [1.165, 1.54) is 23.9 Å². The number of hydrogen-bond donors (Lipinski definition) is 0. The first kappa shape index (κ1) is 18.3. The van der Waals surface area contributed by atoms with Gasteiger partial charge in [-0.2, -0.15) is 5.10 Å². The third-order valence-corrected chi connectivity index (χ3v) is 5.18. The molecule has 2 aromatic heterocycles. The van der Waals surface area contributed by atoms with Gasteiger partial charge in [-0.1, -0.05) is 35.9 Å². The van der Waals surface area contributed by atoms with E-state index in [1.54, 1.807) is 29.3 Å². The van der Waals surface area contributed by atoms with Gasteiger partial charge in [-0.25, -0.2) is 9.67 Å². The average Bonchev–Trinajstić information content (AvgIpc) is 3.35. The number of aromatic nitrogens is 4. The molecule has 0 fully saturated rings. The smallest absolute Gasteiger partial charge is 0.270 e. The molecule has 0 spiro atoms. The standard InChI is InChI=1S/C19H14ClN5O2S/c1-28-19-18(23-10-9-21-12-23)17(13-5-4-6-14(11-13)25(26)27)24(22-19)16-8-3-2-7-15(16)20/h2-12H,1H3. The Kier molecular flexibility index (Phi) is 4.89. The van der Waals surface area contributed by atoms with Gasteiger partial charge in [0.1, 0.15) is 10.7 Å². The lowest BCUT2D eigenvalue weighted by molar-refractivity contribution is -0.384. The molecule has 9 heteroatoms. The lowest BCUT2D eigenvalue weighted by atomic mass is 10.1. The SMILES string of the molecule is CSc1nn(-c2ccccc2Cl)c(-c2cccc([N+](=O)[O-])c2)c1-n1ccnc1. The molecule has 0 atom stereocenters. The number of imidazole rings is 1. The molecule has 7 nitrogen and oxygen atoms in total. The van der Waals surface area contributed by atoms with Crippen LogP contribution in [0, 0.1) is 10.1 Å². The minimum atomic E-state index is -0.411. The molecule has 0 N–H and O–H groups in total. The van der Waals surface area contributed by atoms with Crippen LogP contribution in [-0.4, -0.2) is 30.5 Å². The molecule has 2 aromatic carbocycles. The number of thioether (sulfide) groups is 1. The van der Waals surface area contributed by atoms with E-state index in [0.29, 0.717) is 22.0 Å². The molecule has 2 heterocycles. The molecular formula is C19H14ClN5O2S. The fourth-order valence-corrected chi connectivity index (χ4v) is 3.75. The number of nitro groups is 1. The number of benzene rings is 2. The molecule has 0 saturated carbocycles. The molecule has 0 bridgehead atoms. The lowest BCUT2D eigenvalue weighted by Gasteiger charge is -2.11. The first-order valence-corrected chi connectivity index (χ1v) is 9.85. The quantitative estimate of drug-likeness (QED) is 0.262. The van der Waals surface area contributed by atoms with Crippen molar-refractivity contribution in [3.63, 3.8) is 0 Å². The zero-order valence-electron chi connectivity index (χ0n) is 14.7. The Bertz CT molecular complexity index is 1160. The van der Waals surface area contributed by atoms with Crippen molar-refractivity contribution in [3.8, 4) is 22.6 Å². The topological polar surface area (TPSA) is 78.8 Å². The van der Waals surface area contributed by atoms with Gasteiger partial charge in [-0.15, -0.1) is 11.8 Å². The van der Waals surface area contributed by atoms with Gasteiger partial charge in [-0.3, -0.25) is 10.1 Å². The molecule has 0 radical (unpaired) electrons. The third-order valence-electron chi connectivity index (χ3n) is 4.20. The second-order valence-electron chi connectivity index (χ2n) is 5.85. The minimum absolute atomic E-state index is 0.00620. The van der Waals surface area contributed by atoms with E-state index in [0.717, 1.165) is 10.7 Å². The van der Waals surface area contributed by atoms with E-state index in [4.69, 9.17) is 16.7 Å². The number of hydrogen-bond acceptors (Lipinski definition) is 5. The van der Waals surface area contributed by atoms with Crippen LogP contribution in [0.3, 0.4) is 0 Å². The van der Waals surface area contributed by atoms with E-state index >= 15 is 0 Å². The van der Waals surface area contributed by atoms with Crippen molar-refractivity contribution in [2.45, 2.75) is 5.03 Å². The molecule has 28 heavy (non-hydrogen) atoms. The molecule has 0 amide bonds. The predicted molar refractivity (Wildman–Crippen MR) is 110 cm³/mol. The molecule has 0 aliphatic rings. The van der Waals surface area contributed by atoms with E-state index in [9.17, 15) is 10.1 Å². The molecular weight excluding hydrogens is 398 g/mol. The van der Waals surface area contributed by atoms with Gasteiger partial charge >= 0.3 is 0 Å². The zero-order valence-corrected chi connectivity index (χ0v) is 16.3. The van der Waals surface area contributed by atoms with Crippen molar-refractivity contribution >= 4 is 29.1 Å². The predicted octanol–water partition coefficient (Wildman–Crippen LogP) is 5.01. The minimum Gasteiger partial charge on any atom is -0.302 e. The second-order valence-corrected chi connectivity index (χ2v) is 7.05. The van der Waals surface area contributed by atoms with Crippen LogP contribution in [0.15, 0.2) is 72.3 Å². The highest BCUT2D eigenvalue weighted by molar-refractivity contribution is 7.98. The summed E-state index contributed by atoms with van der Waals surface area (Å²) in [5.74, 6) is 0. The summed E-state index contributed by atoms with van der Waals surface area (Å²) in [6, 6.07) is 13.8. The van der Waals surface area contributed by atoms with Crippen molar-refractivity contribution in [1.82, 2.24) is 19.3 Å². The number of nitrogens with zero attached hydrogens (tertiary/aromatic N) is 5. The van der Waals surface area contributed by atoms with E-state index < -0.39 is 4.92 Å². The third kappa shape index (κ3) is 3.17. The Morgan fingerprint density at radius 1 is 1.18 bits per heavy atom. The summed E-state index contributed by atoms with van der Waals surface area (Å²) in [5, 5.41) is 17.3. The van der Waals surface area contributed by atoms with E-state index in [1.807, 2.05) is 41.3 Å². The first-order valence-electron chi connectivity index (χ1n) is 8.25. The second kappa shape index (κ2) is 7.49. The van der Waals surface area contributed by atoms with Crippen molar-refractivity contribution in [2.24, 2.45) is 0 Å². The van der Waals surface area contributed by atoms with Crippen molar-refractivity contribution in [3.05, 3.63) is 82.4 Å². The molecule has 0 saturated heterocycles. The summed E-state index contributed by atoms with van der Waals surface area (Å²) in [4.78, 5) is 15.0. The Labute approximate surface area is 169 Å². The van der Waals surface area contributed by atoms with Crippen LogP contribution in [0.2, 0.25) is 5.02 Å². The van der Waals surface area contributed by atoms with Crippen LogP contribution in [0.5, 0.6) is 0 Å². The molecule has 0 aliphatic carbocycles. The Morgan fingerprint density at radius 2 is 2.00 bits per heavy atom. The number of non-ortho nitro benzene ring substituents is 1. The molecule has 0 unspecified atom stereocenters. The zero-order chi connectivity index (χ0) is 19.7. The van der Waals surface area contributed by atoms with Crippen LogP contribution < -0.4 is 0 Å². The van der Waals surface area contributed by atoms with Gasteiger partial charge in [0.15, 0.2) is 0 Å². The number of para-hydroxylation sites is 1. The van der Waals surface area contributed by atoms with Crippen LogP contribution >= 0.6 is 23.4 Å². The van der Waals surface area contributed by atoms with Crippen molar-refractivity contribution in [1.29, 1.82) is 0 Å². The first-order chi connectivity index (χ1) is 13.6. The maximum Gasteiger partial charge on any atom is 0.270 e. The van der Waals surface area contributed by atoms with Gasteiger partial charge in [0.25, 0.3) is 5.69 Å². The normalized spacial score (nSPS) is 10.9. The molecule has 140 valence electrons. The maximum atomic E-state index is 11.3. The molecule has 4 aromatic rings. The Balaban J connectivity index is 2.07. The van der Waals surface area contributed by atoms with Crippen molar-refractivity contribution < 1.29 is 4.92 Å². The summed E-state index contributed by atoms with van der Waals surface area (Å²) < 4.78 is 3.57. The monoisotopic (exact) mass is 411 g/mol. The van der Waals surface area contributed by atoms with E-state index in [2.05, 4.69) is 4.98 Å². The van der Waals surface area contributed by atoms with Crippen LogP contribution in [-0.2, 0) is 0 Å². The van der Waals surface area contributed by atoms with Gasteiger partial charge in [-0.05, 0) is 18.4 Å². The molecule has 4 rings (SSSR count).